The van der Waals surface area contributed by atoms with Crippen LogP contribution in [0.15, 0.2) is 0 Å². The zero-order valence-corrected chi connectivity index (χ0v) is 13.4. The molecule has 2 N–H and O–H groups in total. The van der Waals surface area contributed by atoms with Crippen LogP contribution in [0.3, 0.4) is 0 Å². The Labute approximate surface area is 121 Å². The number of nitrogens with one attached hydrogen (secondary N) is 2. The van der Waals surface area contributed by atoms with Gasteiger partial charge in [-0.2, -0.15) is 0 Å². The minimum Gasteiger partial charge on any atom is -0.281 e. The van der Waals surface area contributed by atoms with Gasteiger partial charge in [0.05, 0.1) is 5.25 Å². The van der Waals surface area contributed by atoms with Gasteiger partial charge in [0.1, 0.15) is 9.73 Å². The highest BCUT2D eigenvalue weighted by atomic mass is 32.3. The lowest BCUT2D eigenvalue weighted by atomic mass is 10.0. The van der Waals surface area contributed by atoms with Gasteiger partial charge in [-0.3, -0.25) is 5.41 Å². The van der Waals surface area contributed by atoms with Gasteiger partial charge in [0.2, 0.25) is 14.2 Å². The zero-order valence-electron chi connectivity index (χ0n) is 11.8. The van der Waals surface area contributed by atoms with Crippen LogP contribution in [0.1, 0.15) is 64.2 Å². The Kier molecular flexibility index (Phi) is 4.89. The third-order valence-corrected chi connectivity index (χ3v) is 9.81. The predicted molar refractivity (Wildman–Crippen MR) is 81.3 cm³/mol. The molecule has 1 atom stereocenters. The molecule has 0 aromatic carbocycles. The summed E-state index contributed by atoms with van der Waals surface area (Å²) in [5, 5.41) is 6.89. The second-order valence-corrected chi connectivity index (χ2v) is 10.7. The molecule has 0 aliphatic heterocycles. The molecule has 1 unspecified atom stereocenters. The highest BCUT2D eigenvalue weighted by molar-refractivity contribution is 8.32. The van der Waals surface area contributed by atoms with Gasteiger partial charge in [0.15, 0.2) is 0 Å². The Bertz CT molecular complexity index is 504. The molecule has 0 saturated heterocycles. The molecule has 116 valence electrons. The van der Waals surface area contributed by atoms with Crippen molar-refractivity contribution in [2.24, 2.45) is 0 Å². The Balaban J connectivity index is 2.20. The van der Waals surface area contributed by atoms with Gasteiger partial charge in [-0.25, -0.2) is 17.4 Å². The summed E-state index contributed by atoms with van der Waals surface area (Å²) in [6, 6.07) is 0. The van der Waals surface area contributed by atoms with E-state index in [9.17, 15) is 12.6 Å². The van der Waals surface area contributed by atoms with Gasteiger partial charge >= 0.3 is 0 Å². The Morgan fingerprint density at radius 3 is 1.60 bits per heavy atom. The van der Waals surface area contributed by atoms with Crippen LogP contribution >= 0.6 is 0 Å². The quantitative estimate of drug-likeness (QED) is 0.604. The molecule has 0 heterocycles. The molecule has 5 nitrogen and oxygen atoms in total. The van der Waals surface area contributed by atoms with E-state index in [0.29, 0.717) is 25.7 Å². The van der Waals surface area contributed by atoms with E-state index < -0.39 is 34.4 Å². The summed E-state index contributed by atoms with van der Waals surface area (Å²) in [6.07, 6.45) is 7.87. The second-order valence-electron chi connectivity index (χ2n) is 5.95. The van der Waals surface area contributed by atoms with Gasteiger partial charge in [-0.1, -0.05) is 38.5 Å². The number of hydrogen-bond acceptors (Lipinski definition) is 5. The highest BCUT2D eigenvalue weighted by Gasteiger charge is 2.39. The van der Waals surface area contributed by atoms with Crippen molar-refractivity contribution >= 4 is 23.9 Å². The maximum Gasteiger partial charge on any atom is 0.220 e. The molecule has 0 bridgehead atoms. The van der Waals surface area contributed by atoms with E-state index in [1.165, 1.54) is 0 Å². The molecular formula is C13H24N2O3S2. The van der Waals surface area contributed by atoms with Crippen molar-refractivity contribution in [3.63, 3.8) is 0 Å². The summed E-state index contributed by atoms with van der Waals surface area (Å²) in [7, 11) is -7.32. The first-order chi connectivity index (χ1) is 9.37. The van der Waals surface area contributed by atoms with E-state index in [0.717, 1.165) is 38.5 Å². The third-order valence-electron chi connectivity index (χ3n) is 4.55. The third kappa shape index (κ3) is 3.08. The molecule has 0 radical (unpaired) electrons. The molecule has 2 fully saturated rings. The van der Waals surface area contributed by atoms with E-state index in [-0.39, 0.29) is 0 Å². The van der Waals surface area contributed by atoms with Crippen LogP contribution in [-0.2, 0) is 19.6 Å². The van der Waals surface area contributed by atoms with Crippen molar-refractivity contribution in [3.05, 3.63) is 0 Å². The standard InChI is InChI=1S/C13H24N2O3S2/c14-13(19(15,16)11-7-3-1-4-8-11)20(17,18)12-9-5-2-6-10-12/h11-12,14-15H,1-10H2. The van der Waals surface area contributed by atoms with Crippen molar-refractivity contribution < 1.29 is 12.6 Å². The van der Waals surface area contributed by atoms with Crippen molar-refractivity contribution in [1.82, 2.24) is 0 Å². The summed E-state index contributed by atoms with van der Waals surface area (Å²) in [5.74, 6) is 0. The summed E-state index contributed by atoms with van der Waals surface area (Å²) in [5.41, 5.74) is 0. The average molecular weight is 320 g/mol. The Morgan fingerprint density at radius 1 is 0.750 bits per heavy atom. The van der Waals surface area contributed by atoms with Crippen molar-refractivity contribution in [3.8, 4) is 0 Å². The van der Waals surface area contributed by atoms with Gasteiger partial charge in [-0.15, -0.1) is 0 Å². The molecule has 2 rings (SSSR count). The van der Waals surface area contributed by atoms with Gasteiger partial charge < -0.3 is 0 Å². The zero-order chi connectivity index (χ0) is 14.8. The fourth-order valence-corrected chi connectivity index (χ4v) is 8.00. The van der Waals surface area contributed by atoms with E-state index in [4.69, 9.17) is 10.2 Å². The first-order valence-electron chi connectivity index (χ1n) is 7.47. The maximum atomic E-state index is 12.6. The van der Waals surface area contributed by atoms with Crippen LogP contribution in [0.5, 0.6) is 0 Å². The van der Waals surface area contributed by atoms with Crippen molar-refractivity contribution in [1.29, 1.82) is 10.2 Å². The first-order valence-corrected chi connectivity index (χ1v) is 10.6. The van der Waals surface area contributed by atoms with E-state index in [2.05, 4.69) is 0 Å². The van der Waals surface area contributed by atoms with Crippen LogP contribution in [0.4, 0.5) is 0 Å². The van der Waals surface area contributed by atoms with E-state index >= 15 is 0 Å². The van der Waals surface area contributed by atoms with Crippen LogP contribution in [0, 0.1) is 10.2 Å². The van der Waals surface area contributed by atoms with Gasteiger partial charge in [0, 0.05) is 5.25 Å². The minimum absolute atomic E-state index is 0.442. The molecule has 20 heavy (non-hydrogen) atoms. The van der Waals surface area contributed by atoms with Crippen molar-refractivity contribution in [2.75, 3.05) is 0 Å². The van der Waals surface area contributed by atoms with Crippen LogP contribution in [0.2, 0.25) is 0 Å². The van der Waals surface area contributed by atoms with E-state index in [1.54, 1.807) is 0 Å². The molecule has 0 spiro atoms. The molecule has 0 amide bonds. The molecule has 2 aliphatic rings. The smallest absolute Gasteiger partial charge is 0.220 e. The highest BCUT2D eigenvalue weighted by Crippen LogP contribution is 2.30. The monoisotopic (exact) mass is 320 g/mol. The molecule has 2 saturated carbocycles. The van der Waals surface area contributed by atoms with Crippen LogP contribution in [-0.4, -0.2) is 27.5 Å². The largest absolute Gasteiger partial charge is 0.281 e. The Hall–Kier alpha value is -0.430. The fourth-order valence-electron chi connectivity index (χ4n) is 3.25. The summed E-state index contributed by atoms with van der Waals surface area (Å²) in [4.78, 5) is 0. The molecule has 0 aromatic rings. The molecular weight excluding hydrogens is 296 g/mol. The predicted octanol–water partition coefficient (Wildman–Crippen LogP) is 3.05. The Morgan fingerprint density at radius 2 is 1.15 bits per heavy atom. The van der Waals surface area contributed by atoms with E-state index in [1.807, 2.05) is 0 Å². The first kappa shape index (κ1) is 15.9. The average Bonchev–Trinajstić information content (AvgIpc) is 2.48. The topological polar surface area (TPSA) is 98.9 Å². The number of hydrogen-bond donors (Lipinski definition) is 2. The lowest BCUT2D eigenvalue weighted by Gasteiger charge is -2.27. The van der Waals surface area contributed by atoms with Gasteiger partial charge in [-0.05, 0) is 25.7 Å². The summed E-state index contributed by atoms with van der Waals surface area (Å²) < 4.78 is 44.7. The van der Waals surface area contributed by atoms with Crippen molar-refractivity contribution in [2.45, 2.75) is 74.7 Å². The second kappa shape index (κ2) is 6.13. The molecule has 7 heteroatoms. The van der Waals surface area contributed by atoms with Crippen LogP contribution in [0.25, 0.3) is 0 Å². The lowest BCUT2D eigenvalue weighted by Crippen LogP contribution is -2.38. The summed E-state index contributed by atoms with van der Waals surface area (Å²) >= 11 is 0. The molecule has 0 aromatic heterocycles. The number of rotatable bonds is 2. The maximum absolute atomic E-state index is 12.6. The number of sulfone groups is 1. The lowest BCUT2D eigenvalue weighted by molar-refractivity contribution is 0.488. The normalized spacial score (nSPS) is 26.0. The minimum atomic E-state index is -3.85. The van der Waals surface area contributed by atoms with Gasteiger partial charge in [0.25, 0.3) is 0 Å². The molecule has 2 aliphatic carbocycles. The summed E-state index contributed by atoms with van der Waals surface area (Å²) in [6.45, 7) is 0. The van der Waals surface area contributed by atoms with Crippen LogP contribution < -0.4 is 0 Å². The fraction of sp³-hybridized carbons (Fsp3) is 0.923. The SMILES string of the molecule is N=C(S(=N)(=O)C1CCCCC1)S(=O)(=O)C1CCCCC1.